The van der Waals surface area contributed by atoms with Gasteiger partial charge in [-0.25, -0.2) is 4.98 Å². The first-order chi connectivity index (χ1) is 15.6. The molecule has 2 amide bonds. The molecule has 1 aliphatic rings. The fourth-order valence-electron chi connectivity index (χ4n) is 3.83. The average Bonchev–Trinajstić information content (AvgIpc) is 3.29. The van der Waals surface area contributed by atoms with Crippen molar-refractivity contribution in [1.82, 2.24) is 20.6 Å². The molecular formula is C23H26N6O2S. The van der Waals surface area contributed by atoms with E-state index in [4.69, 9.17) is 4.98 Å². The largest absolute Gasteiger partial charge is 0.366 e. The Hall–Kier alpha value is -3.46. The summed E-state index contributed by atoms with van der Waals surface area (Å²) in [6.07, 6.45) is 5.04. The van der Waals surface area contributed by atoms with Gasteiger partial charge in [0.2, 0.25) is 11.9 Å². The van der Waals surface area contributed by atoms with E-state index in [1.807, 2.05) is 23.6 Å². The molecule has 4 N–H and O–H groups in total. The first-order valence-electron chi connectivity index (χ1n) is 10.6. The molecular weight excluding hydrogens is 424 g/mol. The van der Waals surface area contributed by atoms with Crippen LogP contribution in [0, 0.1) is 0 Å². The molecule has 4 rings (SSSR count). The molecule has 1 aliphatic carbocycles. The lowest BCUT2D eigenvalue weighted by atomic mass is 9.91. The number of hydrogen-bond donors (Lipinski definition) is 4. The lowest BCUT2D eigenvalue weighted by Crippen LogP contribution is -2.39. The molecule has 2 heterocycles. The quantitative estimate of drug-likeness (QED) is 0.408. The van der Waals surface area contributed by atoms with Crippen molar-refractivity contribution in [2.24, 2.45) is 0 Å². The Morgan fingerprint density at radius 1 is 1.06 bits per heavy atom. The molecule has 0 spiro atoms. The van der Waals surface area contributed by atoms with Crippen LogP contribution in [0.5, 0.6) is 0 Å². The maximum atomic E-state index is 11.7. The van der Waals surface area contributed by atoms with Crippen molar-refractivity contribution in [3.63, 3.8) is 0 Å². The number of carbonyl (C=O) groups excluding carboxylic acids is 2. The van der Waals surface area contributed by atoms with Crippen LogP contribution in [0.25, 0.3) is 10.2 Å². The first-order valence-corrected chi connectivity index (χ1v) is 11.5. The number of aromatic nitrogens is 2. The number of nitrogens with one attached hydrogen (secondary N) is 4. The summed E-state index contributed by atoms with van der Waals surface area (Å²) in [5, 5.41) is 14.4. The standard InChI is InChI=1S/C23H26N6O2S/c1-3-19(30)25-15-8-10-16(11-9-15)26-21-20-18(12-13-32-20)28-23(29-21)27-17-6-4-14(5-7-17)22(31)24-2/h3-7,12-13,15-16H,1,8-11H2,2H3,(H,24,31)(H,25,30)(H2,26,27,28,29). The van der Waals surface area contributed by atoms with E-state index in [2.05, 4.69) is 32.8 Å². The number of fused-ring (bicyclic) bond motifs is 1. The minimum absolute atomic E-state index is 0.114. The van der Waals surface area contributed by atoms with Crippen LogP contribution in [0.2, 0.25) is 0 Å². The predicted octanol–water partition coefficient (Wildman–Crippen LogP) is 3.82. The van der Waals surface area contributed by atoms with Crippen LogP contribution in [0.3, 0.4) is 0 Å². The van der Waals surface area contributed by atoms with Crippen LogP contribution in [-0.4, -0.2) is 40.9 Å². The smallest absolute Gasteiger partial charge is 0.251 e. The highest BCUT2D eigenvalue weighted by molar-refractivity contribution is 7.17. The topological polar surface area (TPSA) is 108 Å². The third-order valence-electron chi connectivity index (χ3n) is 5.53. The second-order valence-corrected chi connectivity index (χ2v) is 8.63. The van der Waals surface area contributed by atoms with Gasteiger partial charge in [-0.1, -0.05) is 6.58 Å². The van der Waals surface area contributed by atoms with Gasteiger partial charge in [0.15, 0.2) is 0 Å². The van der Waals surface area contributed by atoms with E-state index in [0.29, 0.717) is 11.5 Å². The molecule has 0 saturated heterocycles. The van der Waals surface area contributed by atoms with E-state index in [9.17, 15) is 9.59 Å². The zero-order valence-electron chi connectivity index (χ0n) is 17.9. The van der Waals surface area contributed by atoms with Gasteiger partial charge >= 0.3 is 0 Å². The summed E-state index contributed by atoms with van der Waals surface area (Å²) >= 11 is 1.61. The van der Waals surface area contributed by atoms with Crippen LogP contribution < -0.4 is 21.3 Å². The van der Waals surface area contributed by atoms with Crippen molar-refractivity contribution in [3.05, 3.63) is 53.9 Å². The van der Waals surface area contributed by atoms with Crippen molar-refractivity contribution in [1.29, 1.82) is 0 Å². The van der Waals surface area contributed by atoms with E-state index >= 15 is 0 Å². The van der Waals surface area contributed by atoms with Gasteiger partial charge in [0, 0.05) is 30.4 Å². The molecule has 1 saturated carbocycles. The Kier molecular flexibility index (Phi) is 6.65. The number of hydrogen-bond acceptors (Lipinski definition) is 7. The molecule has 2 aromatic heterocycles. The highest BCUT2D eigenvalue weighted by Crippen LogP contribution is 2.31. The van der Waals surface area contributed by atoms with Gasteiger partial charge < -0.3 is 21.3 Å². The molecule has 32 heavy (non-hydrogen) atoms. The molecule has 1 aromatic carbocycles. The normalized spacial score (nSPS) is 18.0. The van der Waals surface area contributed by atoms with Gasteiger partial charge in [-0.15, -0.1) is 11.3 Å². The highest BCUT2D eigenvalue weighted by atomic mass is 32.1. The second-order valence-electron chi connectivity index (χ2n) is 7.72. The van der Waals surface area contributed by atoms with E-state index in [1.165, 1.54) is 6.08 Å². The third-order valence-corrected chi connectivity index (χ3v) is 6.44. The predicted molar refractivity (Wildman–Crippen MR) is 129 cm³/mol. The average molecular weight is 451 g/mol. The van der Waals surface area contributed by atoms with Gasteiger partial charge in [0.05, 0.1) is 10.2 Å². The van der Waals surface area contributed by atoms with Crippen LogP contribution in [0.4, 0.5) is 17.5 Å². The third kappa shape index (κ3) is 5.05. The number of nitrogens with zero attached hydrogens (tertiary/aromatic N) is 2. The Morgan fingerprint density at radius 3 is 2.47 bits per heavy atom. The summed E-state index contributed by atoms with van der Waals surface area (Å²) in [5.41, 5.74) is 2.27. The molecule has 0 atom stereocenters. The van der Waals surface area contributed by atoms with Crippen molar-refractivity contribution >= 4 is 50.8 Å². The summed E-state index contributed by atoms with van der Waals surface area (Å²) in [6, 6.07) is 9.64. The van der Waals surface area contributed by atoms with E-state index in [-0.39, 0.29) is 23.9 Å². The Morgan fingerprint density at radius 2 is 1.78 bits per heavy atom. The van der Waals surface area contributed by atoms with Gasteiger partial charge in [-0.05, 0) is 67.5 Å². The Balaban J connectivity index is 1.46. The summed E-state index contributed by atoms with van der Waals surface area (Å²) in [7, 11) is 1.61. The number of anilines is 3. The number of rotatable bonds is 7. The second kappa shape index (κ2) is 9.78. The van der Waals surface area contributed by atoms with Crippen LogP contribution in [0.15, 0.2) is 48.4 Å². The lowest BCUT2D eigenvalue weighted by Gasteiger charge is -2.29. The number of carbonyl (C=O) groups is 2. The van der Waals surface area contributed by atoms with Crippen molar-refractivity contribution in [3.8, 4) is 0 Å². The van der Waals surface area contributed by atoms with Crippen LogP contribution in [0.1, 0.15) is 36.0 Å². The zero-order valence-corrected chi connectivity index (χ0v) is 18.7. The number of thiophene rings is 1. The summed E-state index contributed by atoms with van der Waals surface area (Å²) in [4.78, 5) is 32.6. The molecule has 8 nitrogen and oxygen atoms in total. The molecule has 3 aromatic rings. The fourth-order valence-corrected chi connectivity index (χ4v) is 4.61. The molecule has 0 unspecified atom stereocenters. The molecule has 1 fully saturated rings. The summed E-state index contributed by atoms with van der Waals surface area (Å²) < 4.78 is 1.02. The molecule has 0 aliphatic heterocycles. The molecule has 9 heteroatoms. The SMILES string of the molecule is C=CC(=O)NC1CCC(Nc2nc(Nc3ccc(C(=O)NC)cc3)nc3ccsc23)CC1. The van der Waals surface area contributed by atoms with Gasteiger partial charge in [0.25, 0.3) is 5.91 Å². The van der Waals surface area contributed by atoms with E-state index < -0.39 is 0 Å². The zero-order chi connectivity index (χ0) is 22.5. The van der Waals surface area contributed by atoms with Crippen molar-refractivity contribution < 1.29 is 9.59 Å². The van der Waals surface area contributed by atoms with E-state index in [0.717, 1.165) is 47.4 Å². The maximum Gasteiger partial charge on any atom is 0.251 e. The highest BCUT2D eigenvalue weighted by Gasteiger charge is 2.23. The molecule has 0 radical (unpaired) electrons. The molecule has 0 bridgehead atoms. The molecule has 166 valence electrons. The van der Waals surface area contributed by atoms with Crippen LogP contribution >= 0.6 is 11.3 Å². The Labute approximate surface area is 190 Å². The maximum absolute atomic E-state index is 11.7. The van der Waals surface area contributed by atoms with Crippen molar-refractivity contribution in [2.45, 2.75) is 37.8 Å². The fraction of sp³-hybridized carbons (Fsp3) is 0.304. The van der Waals surface area contributed by atoms with Gasteiger partial charge in [-0.2, -0.15) is 4.98 Å². The van der Waals surface area contributed by atoms with Gasteiger partial charge in [-0.3, -0.25) is 9.59 Å². The number of amides is 2. The van der Waals surface area contributed by atoms with Crippen molar-refractivity contribution in [2.75, 3.05) is 17.7 Å². The number of benzene rings is 1. The minimum atomic E-state index is -0.127. The summed E-state index contributed by atoms with van der Waals surface area (Å²) in [5.74, 6) is 1.07. The Bertz CT molecular complexity index is 1120. The van der Waals surface area contributed by atoms with Crippen LogP contribution in [-0.2, 0) is 4.79 Å². The van der Waals surface area contributed by atoms with Gasteiger partial charge in [0.1, 0.15) is 5.82 Å². The first kappa shape index (κ1) is 21.8. The van der Waals surface area contributed by atoms with E-state index in [1.54, 1.807) is 30.5 Å². The lowest BCUT2D eigenvalue weighted by molar-refractivity contribution is -0.117. The monoisotopic (exact) mass is 450 g/mol. The minimum Gasteiger partial charge on any atom is -0.366 e. The summed E-state index contributed by atoms with van der Waals surface area (Å²) in [6.45, 7) is 3.51.